The first-order chi connectivity index (χ1) is 25.0. The molecule has 1 atom stereocenters. The van der Waals surface area contributed by atoms with Crippen LogP contribution in [0.15, 0.2) is 48.7 Å². The van der Waals surface area contributed by atoms with Crippen molar-refractivity contribution in [2.75, 3.05) is 18.4 Å². The van der Waals surface area contributed by atoms with E-state index in [2.05, 4.69) is 29.0 Å². The number of carboxylic acid groups (broad SMARTS) is 1. The number of benzene rings is 2. The number of nitrogens with zero attached hydrogens (tertiary/aromatic N) is 5. The highest BCUT2D eigenvalue weighted by molar-refractivity contribution is 6.03. The van der Waals surface area contributed by atoms with E-state index in [1.54, 1.807) is 12.3 Å². The molecule has 2 aromatic carbocycles. The molecule has 1 unspecified atom stereocenters. The fourth-order valence-electron chi connectivity index (χ4n) is 7.96. The van der Waals surface area contributed by atoms with Crippen LogP contribution in [0.1, 0.15) is 107 Å². The topological polar surface area (TPSA) is 104 Å². The summed E-state index contributed by atoms with van der Waals surface area (Å²) in [4.78, 5) is 39.2. The maximum atomic E-state index is 16.0. The summed E-state index contributed by atoms with van der Waals surface area (Å²) in [6.45, 7) is 11.3. The number of piperidine rings is 1. The minimum atomic E-state index is -0.781. The number of halogens is 1. The van der Waals surface area contributed by atoms with Gasteiger partial charge in [0.15, 0.2) is 5.82 Å². The van der Waals surface area contributed by atoms with Gasteiger partial charge >= 0.3 is 5.97 Å². The number of nitrogens with one attached hydrogen (secondary N) is 1. The van der Waals surface area contributed by atoms with Crippen LogP contribution in [0, 0.1) is 13.8 Å². The number of carbonyl (C=O) groups is 2. The van der Waals surface area contributed by atoms with Crippen molar-refractivity contribution in [2.45, 2.75) is 97.3 Å². The number of aromatic nitrogens is 3. The highest BCUT2D eigenvalue weighted by atomic mass is 19.1. The molecule has 1 amide bonds. The molecule has 2 aromatic heterocycles. The molecule has 0 radical (unpaired) electrons. The normalized spacial score (nSPS) is 18.4. The van der Waals surface area contributed by atoms with Crippen molar-refractivity contribution in [3.63, 3.8) is 0 Å². The first-order valence-electron chi connectivity index (χ1n) is 18.6. The van der Waals surface area contributed by atoms with Crippen LogP contribution in [0.3, 0.4) is 0 Å². The smallest absolute Gasteiger partial charge is 0.320 e. The maximum absolute atomic E-state index is 16.0. The number of anilines is 1. The van der Waals surface area contributed by atoms with E-state index in [-0.39, 0.29) is 11.6 Å². The summed E-state index contributed by atoms with van der Waals surface area (Å²) in [5, 5.41) is 12.9. The van der Waals surface area contributed by atoms with E-state index in [0.29, 0.717) is 36.4 Å². The van der Waals surface area contributed by atoms with Gasteiger partial charge in [0.1, 0.15) is 11.9 Å². The van der Waals surface area contributed by atoms with Gasteiger partial charge < -0.3 is 15.0 Å². The lowest BCUT2D eigenvalue weighted by atomic mass is 9.92. The van der Waals surface area contributed by atoms with Crippen LogP contribution in [0.2, 0.25) is 0 Å². The number of rotatable bonds is 10. The third-order valence-corrected chi connectivity index (χ3v) is 11.3. The van der Waals surface area contributed by atoms with Crippen molar-refractivity contribution < 1.29 is 19.1 Å². The van der Waals surface area contributed by atoms with Crippen molar-refractivity contribution in [3.8, 4) is 11.1 Å². The summed E-state index contributed by atoms with van der Waals surface area (Å²) in [6, 6.07) is 13.5. The van der Waals surface area contributed by atoms with E-state index in [1.807, 2.05) is 72.8 Å². The maximum Gasteiger partial charge on any atom is 0.320 e. The minimum Gasteiger partial charge on any atom is -0.480 e. The molecule has 2 N–H and O–H groups in total. The number of carboxylic acids is 1. The van der Waals surface area contributed by atoms with Crippen LogP contribution >= 0.6 is 0 Å². The lowest BCUT2D eigenvalue weighted by Gasteiger charge is -2.33. The second-order valence-electron chi connectivity index (χ2n) is 15.0. The fourth-order valence-corrected chi connectivity index (χ4v) is 7.96. The second kappa shape index (κ2) is 14.8. The van der Waals surface area contributed by atoms with Crippen LogP contribution in [0.5, 0.6) is 0 Å². The molecule has 1 saturated carbocycles. The van der Waals surface area contributed by atoms with Crippen LogP contribution in [0.4, 0.5) is 10.1 Å². The Morgan fingerprint density at radius 2 is 1.79 bits per heavy atom. The average Bonchev–Trinajstić information content (AvgIpc) is 3.93. The van der Waals surface area contributed by atoms with E-state index in [0.717, 1.165) is 102 Å². The second-order valence-corrected chi connectivity index (χ2v) is 15.0. The van der Waals surface area contributed by atoms with Gasteiger partial charge in [-0.05, 0) is 123 Å². The number of imidazole rings is 1. The number of pyridine rings is 1. The van der Waals surface area contributed by atoms with Gasteiger partial charge in [-0.1, -0.05) is 36.8 Å². The van der Waals surface area contributed by atoms with E-state index in [4.69, 9.17) is 4.98 Å². The van der Waals surface area contributed by atoms with Gasteiger partial charge in [-0.15, -0.1) is 0 Å². The number of fused-ring (bicyclic) bond motifs is 1. The Labute approximate surface area is 305 Å². The molecular weight excluding hydrogens is 655 g/mol. The molecule has 272 valence electrons. The van der Waals surface area contributed by atoms with Gasteiger partial charge in [0, 0.05) is 56.7 Å². The quantitative estimate of drug-likeness (QED) is 0.173. The predicted octanol–water partition coefficient (Wildman–Crippen LogP) is 7.90. The number of carbonyl (C=O) groups excluding carboxylic acids is 1. The fraction of sp³-hybridized carbons (Fsp3) is 0.429. The summed E-state index contributed by atoms with van der Waals surface area (Å²) in [7, 11) is 1.92. The highest BCUT2D eigenvalue weighted by Gasteiger charge is 2.32. The van der Waals surface area contributed by atoms with Gasteiger partial charge in [-0.2, -0.15) is 0 Å². The molecule has 9 nitrogen and oxygen atoms in total. The Morgan fingerprint density at radius 3 is 2.52 bits per heavy atom. The van der Waals surface area contributed by atoms with Gasteiger partial charge in [0.05, 0.1) is 11.4 Å². The van der Waals surface area contributed by atoms with Gasteiger partial charge in [0.25, 0.3) is 5.91 Å². The lowest BCUT2D eigenvalue weighted by molar-refractivity contribution is -0.144. The van der Waals surface area contributed by atoms with E-state index < -0.39 is 17.8 Å². The largest absolute Gasteiger partial charge is 0.480 e. The summed E-state index contributed by atoms with van der Waals surface area (Å²) in [5.41, 5.74) is 9.62. The molecule has 3 aliphatic rings. The summed E-state index contributed by atoms with van der Waals surface area (Å²) in [6.07, 6.45) is 8.80. The molecule has 4 heterocycles. The SMILES string of the molecule is Cc1c(/C=C(\F)c2cc(C3CC3)c(CN3CCCCC3C(=O)O)cn2)cccc1-c1cccc(NC(=O)c2nc3c(n2C)CCN(C(C)C)C3)c1C. The summed E-state index contributed by atoms with van der Waals surface area (Å²) in [5.74, 6) is -0.679. The number of likely N-dealkylation sites (tertiary alicyclic amines) is 1. The first kappa shape index (κ1) is 35.7. The molecule has 2 aliphatic heterocycles. The molecule has 52 heavy (non-hydrogen) atoms. The zero-order valence-corrected chi connectivity index (χ0v) is 30.9. The van der Waals surface area contributed by atoms with Crippen molar-refractivity contribution in [3.05, 3.63) is 99.4 Å². The average molecular weight is 705 g/mol. The highest BCUT2D eigenvalue weighted by Crippen LogP contribution is 2.43. The third-order valence-electron chi connectivity index (χ3n) is 11.3. The molecular formula is C42H49FN6O3. The van der Waals surface area contributed by atoms with E-state index in [9.17, 15) is 14.7 Å². The third kappa shape index (κ3) is 7.19. The van der Waals surface area contributed by atoms with Crippen molar-refractivity contribution in [1.29, 1.82) is 0 Å². The number of hydrogen-bond donors (Lipinski definition) is 2. The van der Waals surface area contributed by atoms with Crippen molar-refractivity contribution in [1.82, 2.24) is 24.3 Å². The zero-order valence-electron chi connectivity index (χ0n) is 30.9. The van der Waals surface area contributed by atoms with E-state index >= 15 is 4.39 Å². The summed E-state index contributed by atoms with van der Waals surface area (Å²) < 4.78 is 18.0. The number of hydrogen-bond acceptors (Lipinski definition) is 6. The van der Waals surface area contributed by atoms with Gasteiger partial charge in [-0.3, -0.25) is 24.4 Å². The number of aliphatic carboxylic acids is 1. The summed E-state index contributed by atoms with van der Waals surface area (Å²) >= 11 is 0. The van der Waals surface area contributed by atoms with Crippen LogP contribution in [-0.2, 0) is 31.4 Å². The minimum absolute atomic E-state index is 0.245. The molecule has 2 fully saturated rings. The monoisotopic (exact) mass is 704 g/mol. The zero-order chi connectivity index (χ0) is 36.7. The molecule has 1 saturated heterocycles. The molecule has 10 heteroatoms. The van der Waals surface area contributed by atoms with Crippen molar-refractivity contribution >= 4 is 29.5 Å². The Balaban J connectivity index is 1.12. The Bertz CT molecular complexity index is 2050. The molecule has 0 bridgehead atoms. The predicted molar refractivity (Wildman–Crippen MR) is 203 cm³/mol. The van der Waals surface area contributed by atoms with Gasteiger partial charge in [-0.25, -0.2) is 9.37 Å². The molecule has 0 spiro atoms. The Morgan fingerprint density at radius 1 is 1.04 bits per heavy atom. The van der Waals surface area contributed by atoms with Crippen LogP contribution in [-0.4, -0.2) is 66.5 Å². The van der Waals surface area contributed by atoms with E-state index in [1.165, 1.54) is 0 Å². The molecule has 4 aromatic rings. The molecule has 1 aliphatic carbocycles. The lowest BCUT2D eigenvalue weighted by Crippen LogP contribution is -2.44. The first-order valence-corrected chi connectivity index (χ1v) is 18.6. The van der Waals surface area contributed by atoms with Crippen LogP contribution in [0.25, 0.3) is 23.0 Å². The van der Waals surface area contributed by atoms with Gasteiger partial charge in [0.2, 0.25) is 0 Å². The number of amides is 1. The Kier molecular flexibility index (Phi) is 10.1. The standard InChI is InChI=1S/C42H49FN6O3/c1-25(2)48-19-17-38-37(24-48)45-40(47(38)5)41(50)46-35-13-9-12-32(27(35)4)31-11-8-10-29(26(31)3)20-34(43)36-21-33(28-15-16-28)30(22-44-36)23-49-18-7-6-14-39(49)42(51)52/h8-13,20-22,25,28,39H,6-7,14-19,23-24H2,1-5H3,(H,46,50)(H,51,52)/b34-20-. The van der Waals surface area contributed by atoms with Crippen LogP contribution < -0.4 is 5.32 Å². The molecule has 7 rings (SSSR count). The Hall–Kier alpha value is -4.67. The van der Waals surface area contributed by atoms with Crippen molar-refractivity contribution in [2.24, 2.45) is 7.05 Å².